The zero-order valence-electron chi connectivity index (χ0n) is 16.5. The average molecular weight is 441 g/mol. The summed E-state index contributed by atoms with van der Waals surface area (Å²) in [6.45, 7) is 1.90. The quantitative estimate of drug-likeness (QED) is 0.224. The zero-order chi connectivity index (χ0) is 21.2. The number of allylic oxidation sites excluding steroid dienone is 1. The SMILES string of the molecule is Cc1ccc(-c2nn(-c3ccccc3)cc2/C=C(\C#N)Sc2nc3ccccc3s2)o1. The van der Waals surface area contributed by atoms with Crippen molar-refractivity contribution < 1.29 is 4.42 Å². The van der Waals surface area contributed by atoms with Crippen molar-refractivity contribution in [3.63, 3.8) is 0 Å². The fourth-order valence-corrected chi connectivity index (χ4v) is 5.14. The lowest BCUT2D eigenvalue weighted by atomic mass is 10.2. The molecular formula is C24H16N4OS2. The van der Waals surface area contributed by atoms with Crippen molar-refractivity contribution in [3.8, 4) is 23.2 Å². The number of para-hydroxylation sites is 2. The van der Waals surface area contributed by atoms with Crippen molar-refractivity contribution in [2.75, 3.05) is 0 Å². The van der Waals surface area contributed by atoms with Crippen LogP contribution in [-0.2, 0) is 0 Å². The van der Waals surface area contributed by atoms with Gasteiger partial charge in [0.2, 0.25) is 0 Å². The zero-order valence-corrected chi connectivity index (χ0v) is 18.2. The van der Waals surface area contributed by atoms with Crippen LogP contribution < -0.4 is 0 Å². The maximum absolute atomic E-state index is 9.80. The second kappa shape index (κ2) is 8.26. The number of thioether (sulfide) groups is 1. The molecule has 0 saturated carbocycles. The van der Waals surface area contributed by atoms with Crippen molar-refractivity contribution in [2.45, 2.75) is 11.3 Å². The summed E-state index contributed by atoms with van der Waals surface area (Å²) in [6.07, 6.45) is 3.76. The van der Waals surface area contributed by atoms with Gasteiger partial charge in [-0.25, -0.2) is 9.67 Å². The molecule has 0 N–H and O–H groups in total. The molecule has 5 rings (SSSR count). The molecule has 0 saturated heterocycles. The summed E-state index contributed by atoms with van der Waals surface area (Å²) < 4.78 is 9.57. The van der Waals surface area contributed by atoms with E-state index in [1.165, 1.54) is 11.8 Å². The average Bonchev–Trinajstić information content (AvgIpc) is 3.51. The third kappa shape index (κ3) is 4.04. The minimum atomic E-state index is 0.538. The van der Waals surface area contributed by atoms with Crippen molar-refractivity contribution in [2.24, 2.45) is 0 Å². The van der Waals surface area contributed by atoms with Gasteiger partial charge < -0.3 is 4.42 Å². The highest BCUT2D eigenvalue weighted by Gasteiger charge is 2.16. The largest absolute Gasteiger partial charge is 0.460 e. The second-order valence-electron chi connectivity index (χ2n) is 6.79. The minimum absolute atomic E-state index is 0.538. The number of benzene rings is 2. The lowest BCUT2D eigenvalue weighted by Crippen LogP contribution is -1.93. The number of hydrogen-bond acceptors (Lipinski definition) is 6. The number of nitriles is 1. The first kappa shape index (κ1) is 19.4. The van der Waals surface area contributed by atoms with Crippen molar-refractivity contribution in [3.05, 3.63) is 89.2 Å². The van der Waals surface area contributed by atoms with E-state index in [2.05, 4.69) is 11.1 Å². The highest BCUT2D eigenvalue weighted by atomic mass is 32.2. The molecule has 0 unspecified atom stereocenters. The van der Waals surface area contributed by atoms with Crippen LogP contribution in [0.4, 0.5) is 0 Å². The van der Waals surface area contributed by atoms with Crippen LogP contribution in [0.1, 0.15) is 11.3 Å². The van der Waals surface area contributed by atoms with E-state index in [0.29, 0.717) is 16.4 Å². The smallest absolute Gasteiger partial charge is 0.156 e. The van der Waals surface area contributed by atoms with Gasteiger partial charge in [-0.15, -0.1) is 11.3 Å². The predicted octanol–water partition coefficient (Wildman–Crippen LogP) is 6.71. The molecule has 0 aliphatic rings. The molecule has 0 amide bonds. The summed E-state index contributed by atoms with van der Waals surface area (Å²) in [5.41, 5.74) is 3.37. The van der Waals surface area contributed by atoms with Gasteiger partial charge in [-0.05, 0) is 61.2 Å². The highest BCUT2D eigenvalue weighted by molar-refractivity contribution is 8.05. The normalized spacial score (nSPS) is 11.7. The van der Waals surface area contributed by atoms with Crippen LogP contribution in [0.15, 0.2) is 86.6 Å². The van der Waals surface area contributed by atoms with Crippen molar-refractivity contribution >= 4 is 39.4 Å². The lowest BCUT2D eigenvalue weighted by molar-refractivity contribution is 0.545. The summed E-state index contributed by atoms with van der Waals surface area (Å²) >= 11 is 2.94. The number of fused-ring (bicyclic) bond motifs is 1. The van der Waals surface area contributed by atoms with Gasteiger partial charge in [-0.2, -0.15) is 10.4 Å². The van der Waals surface area contributed by atoms with Gasteiger partial charge in [0.15, 0.2) is 10.1 Å². The molecule has 31 heavy (non-hydrogen) atoms. The first-order valence-electron chi connectivity index (χ1n) is 9.57. The van der Waals surface area contributed by atoms with Gasteiger partial charge in [0.25, 0.3) is 0 Å². The van der Waals surface area contributed by atoms with Gasteiger partial charge in [-0.1, -0.05) is 30.3 Å². The molecule has 5 nitrogen and oxygen atoms in total. The fourth-order valence-electron chi connectivity index (χ4n) is 3.17. The topological polar surface area (TPSA) is 67.6 Å². The van der Waals surface area contributed by atoms with Gasteiger partial charge in [0, 0.05) is 11.8 Å². The number of hydrogen-bond donors (Lipinski definition) is 0. The number of aryl methyl sites for hydroxylation is 1. The van der Waals surface area contributed by atoms with Crippen LogP contribution in [0.3, 0.4) is 0 Å². The molecule has 0 atom stereocenters. The standard InChI is InChI=1S/C24H16N4OS2/c1-16-11-12-21(29-16)23-17(15-28(27-23)18-7-3-2-4-8-18)13-19(14-25)30-24-26-20-9-5-6-10-22(20)31-24/h2-13,15H,1H3/b19-13+. The van der Waals surface area contributed by atoms with E-state index in [4.69, 9.17) is 9.52 Å². The van der Waals surface area contributed by atoms with Crippen molar-refractivity contribution in [1.82, 2.24) is 14.8 Å². The maximum Gasteiger partial charge on any atom is 0.156 e. The Morgan fingerprint density at radius 2 is 1.90 bits per heavy atom. The molecule has 150 valence electrons. The maximum atomic E-state index is 9.80. The molecule has 0 spiro atoms. The Bertz CT molecular complexity index is 1400. The van der Waals surface area contributed by atoms with Crippen LogP contribution in [0.2, 0.25) is 0 Å². The van der Waals surface area contributed by atoms with Gasteiger partial charge in [-0.3, -0.25) is 0 Å². The van der Waals surface area contributed by atoms with Crippen LogP contribution in [0.5, 0.6) is 0 Å². The molecule has 3 aromatic heterocycles. The first-order valence-corrected chi connectivity index (χ1v) is 11.2. The van der Waals surface area contributed by atoms with Crippen LogP contribution in [0.25, 0.3) is 33.4 Å². The summed E-state index contributed by atoms with van der Waals surface area (Å²) in [6, 6.07) is 23.9. The molecular weight excluding hydrogens is 424 g/mol. The van der Waals surface area contributed by atoms with E-state index in [1.807, 2.05) is 85.9 Å². The van der Waals surface area contributed by atoms with E-state index < -0.39 is 0 Å². The second-order valence-corrected chi connectivity index (χ2v) is 9.11. The lowest BCUT2D eigenvalue weighted by Gasteiger charge is -1.98. The highest BCUT2D eigenvalue weighted by Crippen LogP contribution is 2.36. The summed E-state index contributed by atoms with van der Waals surface area (Å²) in [5.74, 6) is 1.48. The van der Waals surface area contributed by atoms with Crippen LogP contribution in [0, 0.1) is 18.3 Å². The number of thiazole rings is 1. The number of nitrogens with zero attached hydrogens (tertiary/aromatic N) is 4. The van der Waals surface area contributed by atoms with E-state index in [1.54, 1.807) is 16.0 Å². The fraction of sp³-hybridized carbons (Fsp3) is 0.0417. The Balaban J connectivity index is 1.56. The molecule has 0 aliphatic heterocycles. The summed E-state index contributed by atoms with van der Waals surface area (Å²) in [4.78, 5) is 5.17. The Labute approximate surface area is 187 Å². The Kier molecular flexibility index (Phi) is 5.16. The Morgan fingerprint density at radius 3 is 2.65 bits per heavy atom. The molecule has 0 fully saturated rings. The molecule has 3 heterocycles. The molecule has 0 aliphatic carbocycles. The van der Waals surface area contributed by atoms with Gasteiger partial charge in [0.05, 0.1) is 20.8 Å². The van der Waals surface area contributed by atoms with Gasteiger partial charge >= 0.3 is 0 Å². The number of aromatic nitrogens is 3. The van der Waals surface area contributed by atoms with Crippen LogP contribution in [-0.4, -0.2) is 14.8 Å². The number of furan rings is 1. The molecule has 0 radical (unpaired) electrons. The summed E-state index contributed by atoms with van der Waals surface area (Å²) in [7, 11) is 0. The van der Waals surface area contributed by atoms with Crippen LogP contribution >= 0.6 is 23.1 Å². The first-order chi connectivity index (χ1) is 15.2. The van der Waals surface area contributed by atoms with Crippen molar-refractivity contribution in [1.29, 1.82) is 5.26 Å². The van der Waals surface area contributed by atoms with E-state index in [9.17, 15) is 5.26 Å². The molecule has 5 aromatic rings. The van der Waals surface area contributed by atoms with E-state index in [-0.39, 0.29) is 0 Å². The monoisotopic (exact) mass is 440 g/mol. The van der Waals surface area contributed by atoms with E-state index >= 15 is 0 Å². The Morgan fingerprint density at radius 1 is 1.10 bits per heavy atom. The number of rotatable bonds is 5. The Hall–Kier alpha value is -3.60. The van der Waals surface area contributed by atoms with Gasteiger partial charge in [0.1, 0.15) is 17.5 Å². The summed E-state index contributed by atoms with van der Waals surface area (Å²) in [5, 5.41) is 14.5. The molecule has 7 heteroatoms. The van der Waals surface area contributed by atoms with E-state index in [0.717, 1.165) is 31.6 Å². The predicted molar refractivity (Wildman–Crippen MR) is 125 cm³/mol. The third-order valence-corrected chi connectivity index (χ3v) is 6.63. The third-order valence-electron chi connectivity index (χ3n) is 4.61. The molecule has 2 aromatic carbocycles. The minimum Gasteiger partial charge on any atom is -0.460 e. The molecule has 0 bridgehead atoms.